The Hall–Kier alpha value is -2.19. The van der Waals surface area contributed by atoms with E-state index in [1.807, 2.05) is 54.6 Å². The Morgan fingerprint density at radius 2 is 1.90 bits per heavy atom. The molecule has 3 aromatic rings. The molecule has 1 aromatic heterocycles. The monoisotopic (exact) mass is 283 g/mol. The second-order valence-electron chi connectivity index (χ2n) is 4.53. The lowest BCUT2D eigenvalue weighted by molar-refractivity contribution is 0.415. The molecule has 0 aliphatic carbocycles. The molecule has 0 bridgehead atoms. The summed E-state index contributed by atoms with van der Waals surface area (Å²) in [5.74, 6) is 0.859. The third-order valence-electron chi connectivity index (χ3n) is 3.20. The second kappa shape index (κ2) is 5.43. The molecular weight excluding hydrogens is 270 g/mol. The van der Waals surface area contributed by atoms with Gasteiger partial charge in [0, 0.05) is 21.6 Å². The summed E-state index contributed by atoms with van der Waals surface area (Å²) in [6, 6.07) is 15.8. The summed E-state index contributed by atoms with van der Waals surface area (Å²) in [5.41, 5.74) is 3.13. The van der Waals surface area contributed by atoms with Gasteiger partial charge in [-0.2, -0.15) is 0 Å². The molecule has 0 aliphatic rings. The number of ether oxygens (including phenoxy) is 1. The molecule has 0 radical (unpaired) electrons. The van der Waals surface area contributed by atoms with Crippen molar-refractivity contribution in [3.63, 3.8) is 0 Å². The minimum atomic E-state index is 0.751. The number of benzene rings is 2. The normalized spacial score (nSPS) is 11.3. The maximum absolute atomic E-state index is 6.13. The molecule has 0 unspecified atom stereocenters. The van der Waals surface area contributed by atoms with E-state index < -0.39 is 0 Å². The highest BCUT2D eigenvalue weighted by molar-refractivity contribution is 6.32. The fourth-order valence-electron chi connectivity index (χ4n) is 2.14. The van der Waals surface area contributed by atoms with Crippen LogP contribution in [0, 0.1) is 0 Å². The fourth-order valence-corrected chi connectivity index (χ4v) is 2.34. The summed E-state index contributed by atoms with van der Waals surface area (Å²) in [6.07, 6.45) is 4.03. The van der Waals surface area contributed by atoms with Gasteiger partial charge in [0.2, 0.25) is 0 Å². The first-order valence-electron chi connectivity index (χ1n) is 6.35. The number of nitrogens with one attached hydrogen (secondary N) is 1. The molecule has 0 saturated carbocycles. The molecule has 0 amide bonds. The predicted octanol–water partition coefficient (Wildman–Crippen LogP) is 5.00. The van der Waals surface area contributed by atoms with E-state index in [-0.39, 0.29) is 0 Å². The van der Waals surface area contributed by atoms with Crippen LogP contribution >= 0.6 is 11.6 Å². The van der Waals surface area contributed by atoms with Crippen molar-refractivity contribution >= 4 is 34.7 Å². The van der Waals surface area contributed by atoms with Gasteiger partial charge >= 0.3 is 0 Å². The Labute approximate surface area is 122 Å². The van der Waals surface area contributed by atoms with Crippen molar-refractivity contribution in [2.24, 2.45) is 0 Å². The number of methoxy groups -OCH3 is 1. The third kappa shape index (κ3) is 2.56. The number of halogens is 1. The molecular formula is C17H14ClNO. The Morgan fingerprint density at radius 3 is 2.70 bits per heavy atom. The van der Waals surface area contributed by atoms with Crippen molar-refractivity contribution in [2.45, 2.75) is 0 Å². The zero-order valence-electron chi connectivity index (χ0n) is 11.1. The maximum Gasteiger partial charge on any atom is 0.119 e. The molecule has 100 valence electrons. The van der Waals surface area contributed by atoms with E-state index in [0.717, 1.165) is 32.9 Å². The van der Waals surface area contributed by atoms with Gasteiger partial charge in [0.15, 0.2) is 0 Å². The van der Waals surface area contributed by atoms with E-state index in [2.05, 4.69) is 11.1 Å². The van der Waals surface area contributed by atoms with Crippen molar-refractivity contribution < 1.29 is 4.74 Å². The van der Waals surface area contributed by atoms with Crippen LogP contribution in [0.15, 0.2) is 48.5 Å². The number of hydrogen-bond donors (Lipinski definition) is 1. The summed E-state index contributed by atoms with van der Waals surface area (Å²) >= 11 is 6.13. The largest absolute Gasteiger partial charge is 0.497 e. The summed E-state index contributed by atoms with van der Waals surface area (Å²) in [6.45, 7) is 0. The highest BCUT2D eigenvalue weighted by Gasteiger charge is 2.00. The topological polar surface area (TPSA) is 25.0 Å². The molecule has 0 spiro atoms. The van der Waals surface area contributed by atoms with Crippen LogP contribution in [0.5, 0.6) is 5.75 Å². The van der Waals surface area contributed by atoms with Crippen LogP contribution in [0.1, 0.15) is 11.3 Å². The third-order valence-corrected chi connectivity index (χ3v) is 3.54. The zero-order valence-corrected chi connectivity index (χ0v) is 11.8. The highest BCUT2D eigenvalue weighted by Crippen LogP contribution is 2.23. The molecule has 0 aliphatic heterocycles. The van der Waals surface area contributed by atoms with Gasteiger partial charge in [-0.05, 0) is 42.0 Å². The minimum Gasteiger partial charge on any atom is -0.497 e. The number of H-pyrrole nitrogens is 1. The number of fused-ring (bicyclic) bond motifs is 1. The zero-order chi connectivity index (χ0) is 13.9. The van der Waals surface area contributed by atoms with E-state index in [4.69, 9.17) is 16.3 Å². The number of aromatic amines is 1. The predicted molar refractivity (Wildman–Crippen MR) is 85.2 cm³/mol. The summed E-state index contributed by atoms with van der Waals surface area (Å²) in [5, 5.41) is 1.88. The van der Waals surface area contributed by atoms with E-state index >= 15 is 0 Å². The van der Waals surface area contributed by atoms with Crippen LogP contribution in [0.2, 0.25) is 5.02 Å². The van der Waals surface area contributed by atoms with E-state index in [1.54, 1.807) is 7.11 Å². The first-order chi connectivity index (χ1) is 9.76. The molecule has 20 heavy (non-hydrogen) atoms. The lowest BCUT2D eigenvalue weighted by atomic mass is 10.2. The van der Waals surface area contributed by atoms with Crippen molar-refractivity contribution in [1.29, 1.82) is 0 Å². The average Bonchev–Trinajstić information content (AvgIpc) is 2.88. The van der Waals surface area contributed by atoms with Crippen LogP contribution < -0.4 is 4.74 Å². The first kappa shape index (κ1) is 12.8. The number of hydrogen-bond acceptors (Lipinski definition) is 1. The van der Waals surface area contributed by atoms with Gasteiger partial charge in [-0.1, -0.05) is 35.9 Å². The van der Waals surface area contributed by atoms with Gasteiger partial charge in [-0.15, -0.1) is 0 Å². The number of rotatable bonds is 3. The standard InChI is InChI=1S/C17H14ClNO/c1-20-15-8-9-17-13(11-15)10-14(19-17)7-6-12-4-2-3-5-16(12)18/h2-11,19H,1H3/b7-6+. The van der Waals surface area contributed by atoms with Crippen molar-refractivity contribution in [3.8, 4) is 5.75 Å². The van der Waals surface area contributed by atoms with E-state index in [1.165, 1.54) is 0 Å². The SMILES string of the molecule is COc1ccc2[nH]c(/C=C/c3ccccc3Cl)cc2c1. The highest BCUT2D eigenvalue weighted by atomic mass is 35.5. The van der Waals surface area contributed by atoms with Gasteiger partial charge in [0.1, 0.15) is 5.75 Å². The molecule has 3 heteroatoms. The fraction of sp³-hybridized carbons (Fsp3) is 0.0588. The molecule has 0 atom stereocenters. The quantitative estimate of drug-likeness (QED) is 0.719. The molecule has 3 rings (SSSR count). The van der Waals surface area contributed by atoms with Gasteiger partial charge in [-0.25, -0.2) is 0 Å². The molecule has 1 heterocycles. The van der Waals surface area contributed by atoms with Crippen LogP contribution in [0.25, 0.3) is 23.1 Å². The van der Waals surface area contributed by atoms with Crippen LogP contribution in [0.3, 0.4) is 0 Å². The van der Waals surface area contributed by atoms with Crippen molar-refractivity contribution in [1.82, 2.24) is 4.98 Å². The second-order valence-corrected chi connectivity index (χ2v) is 4.94. The molecule has 0 fully saturated rings. The summed E-state index contributed by atoms with van der Waals surface area (Å²) in [7, 11) is 1.67. The maximum atomic E-state index is 6.13. The molecule has 1 N–H and O–H groups in total. The Bertz CT molecular complexity index is 774. The summed E-state index contributed by atoms with van der Waals surface area (Å²) in [4.78, 5) is 3.35. The molecule has 2 nitrogen and oxygen atoms in total. The lowest BCUT2D eigenvalue weighted by Crippen LogP contribution is -1.80. The van der Waals surface area contributed by atoms with Gasteiger partial charge < -0.3 is 9.72 Å². The molecule has 2 aromatic carbocycles. The van der Waals surface area contributed by atoms with Crippen LogP contribution in [0.4, 0.5) is 0 Å². The molecule has 0 saturated heterocycles. The minimum absolute atomic E-state index is 0.751. The van der Waals surface area contributed by atoms with E-state index in [9.17, 15) is 0 Å². The van der Waals surface area contributed by atoms with Crippen molar-refractivity contribution in [3.05, 3.63) is 64.8 Å². The lowest BCUT2D eigenvalue weighted by Gasteiger charge is -1.97. The van der Waals surface area contributed by atoms with Gasteiger partial charge in [0.25, 0.3) is 0 Å². The Kier molecular flexibility index (Phi) is 3.48. The Balaban J connectivity index is 1.93. The first-order valence-corrected chi connectivity index (χ1v) is 6.73. The van der Waals surface area contributed by atoms with E-state index in [0.29, 0.717) is 0 Å². The Morgan fingerprint density at radius 1 is 1.05 bits per heavy atom. The average molecular weight is 284 g/mol. The summed E-state index contributed by atoms with van der Waals surface area (Å²) < 4.78 is 5.23. The van der Waals surface area contributed by atoms with Gasteiger partial charge in [0.05, 0.1) is 7.11 Å². The number of aromatic nitrogens is 1. The van der Waals surface area contributed by atoms with Crippen molar-refractivity contribution in [2.75, 3.05) is 7.11 Å². The smallest absolute Gasteiger partial charge is 0.119 e. The van der Waals surface area contributed by atoms with Crippen LogP contribution in [-0.4, -0.2) is 12.1 Å². The van der Waals surface area contributed by atoms with Crippen LogP contribution in [-0.2, 0) is 0 Å². The van der Waals surface area contributed by atoms with Gasteiger partial charge in [-0.3, -0.25) is 0 Å².